The summed E-state index contributed by atoms with van der Waals surface area (Å²) in [6.45, 7) is 1.11. The van der Waals surface area contributed by atoms with Crippen molar-refractivity contribution >= 4 is 38.3 Å². The van der Waals surface area contributed by atoms with E-state index in [1.807, 2.05) is 0 Å². The molecule has 0 heterocycles. The second-order valence-electron chi connectivity index (χ2n) is 4.13. The van der Waals surface area contributed by atoms with Crippen LogP contribution in [0.25, 0.3) is 0 Å². The van der Waals surface area contributed by atoms with Gasteiger partial charge in [-0.25, -0.2) is 0 Å². The Kier molecular flexibility index (Phi) is 6.19. The van der Waals surface area contributed by atoms with Crippen LogP contribution < -0.4 is 0 Å². The van der Waals surface area contributed by atoms with Crippen LogP contribution in [0.1, 0.15) is 5.56 Å². The molecule has 140 valence electrons. The van der Waals surface area contributed by atoms with Crippen LogP contribution >= 0.6 is 20.6 Å². The molecule has 14 heteroatoms. The zero-order chi connectivity index (χ0) is 19.6. The summed E-state index contributed by atoms with van der Waals surface area (Å²) < 4.78 is 81.0. The number of alkyl halides is 6. The summed E-state index contributed by atoms with van der Waals surface area (Å²) in [5.74, 6) is -5.68. The summed E-state index contributed by atoms with van der Waals surface area (Å²) in [7, 11) is 0. The molecule has 0 amide bonds. The van der Waals surface area contributed by atoms with Crippen LogP contribution in [0, 0.1) is 20.6 Å². The number of nitrogens with zero attached hydrogens (tertiary/aromatic N) is 1. The molecule has 0 unspecified atom stereocenters. The number of nitro benzene ring substituents is 1. The Hall–Kier alpha value is -2.13. The Bertz CT molecular complexity index is 675. The van der Waals surface area contributed by atoms with Crippen molar-refractivity contribution in [3.63, 3.8) is 0 Å². The minimum absolute atomic E-state index is 0.177. The normalized spacial score (nSPS) is 12.4. The van der Waals surface area contributed by atoms with Crippen molar-refractivity contribution < 1.29 is 47.0 Å². The molecule has 0 aliphatic carbocycles. The van der Waals surface area contributed by atoms with E-state index in [0.717, 1.165) is 25.1 Å². The first-order chi connectivity index (χ1) is 11.2. The van der Waals surface area contributed by atoms with Crippen molar-refractivity contribution in [2.75, 3.05) is 0 Å². The molecule has 0 aliphatic heterocycles. The summed E-state index contributed by atoms with van der Waals surface area (Å²) in [4.78, 5) is 31.5. The number of carbonyl (C=O) groups is 2. The van der Waals surface area contributed by atoms with Crippen molar-refractivity contribution in [3.05, 3.63) is 37.4 Å². The molecule has 0 radical (unpaired) electrons. The van der Waals surface area contributed by atoms with Crippen LogP contribution in [0.15, 0.2) is 18.2 Å². The molecule has 0 N–H and O–H groups in total. The standard InChI is InChI=1S/C11H6F6INO6/c1-5-4-6(19(22)23)2-3-7(5)18(24-8(20)10(12,13)14)25-9(21)11(15,16)17/h2-4H,1H3. The Balaban J connectivity index is 3.24. The fourth-order valence-electron chi connectivity index (χ4n) is 1.23. The van der Waals surface area contributed by atoms with Crippen LogP contribution in [0.2, 0.25) is 0 Å². The number of nitro groups is 1. The fourth-order valence-corrected chi connectivity index (χ4v) is 4.34. The maximum absolute atomic E-state index is 12.3. The third kappa shape index (κ3) is 5.71. The topological polar surface area (TPSA) is 95.7 Å². The number of non-ortho nitro benzene ring substituents is 1. The van der Waals surface area contributed by atoms with Crippen LogP contribution in [-0.2, 0) is 15.7 Å². The van der Waals surface area contributed by atoms with Gasteiger partial charge in [-0.05, 0) is 0 Å². The minimum atomic E-state index is -5.53. The number of carbonyl (C=O) groups excluding carboxylic acids is 2. The van der Waals surface area contributed by atoms with Gasteiger partial charge in [0.05, 0.1) is 0 Å². The van der Waals surface area contributed by atoms with E-state index in [1.54, 1.807) is 0 Å². The number of hydrogen-bond acceptors (Lipinski definition) is 6. The molecule has 25 heavy (non-hydrogen) atoms. The van der Waals surface area contributed by atoms with E-state index in [1.165, 1.54) is 0 Å². The third-order valence-corrected chi connectivity index (χ3v) is 6.02. The molecule has 0 atom stereocenters. The number of aryl methyl sites for hydroxylation is 1. The average Bonchev–Trinajstić information content (AvgIpc) is 2.44. The molecule has 1 aromatic rings. The summed E-state index contributed by atoms with van der Waals surface area (Å²) in [5.41, 5.74) is -0.689. The molecule has 7 nitrogen and oxygen atoms in total. The Morgan fingerprint density at radius 1 is 1.04 bits per heavy atom. The number of halogens is 7. The quantitative estimate of drug-likeness (QED) is 0.278. The van der Waals surface area contributed by atoms with Gasteiger partial charge in [-0.1, -0.05) is 0 Å². The first kappa shape index (κ1) is 20.9. The predicted molar refractivity (Wildman–Crippen MR) is 74.8 cm³/mol. The van der Waals surface area contributed by atoms with E-state index in [9.17, 15) is 46.0 Å². The number of benzene rings is 1. The van der Waals surface area contributed by atoms with Crippen LogP contribution in [0.3, 0.4) is 0 Å². The summed E-state index contributed by atoms with van der Waals surface area (Å²) in [6, 6.07) is 2.35. The van der Waals surface area contributed by atoms with Gasteiger partial charge in [0.15, 0.2) is 0 Å². The molecule has 0 fully saturated rings. The van der Waals surface area contributed by atoms with Gasteiger partial charge >= 0.3 is 142 Å². The zero-order valence-corrected chi connectivity index (χ0v) is 13.9. The third-order valence-electron chi connectivity index (χ3n) is 2.26. The molecule has 1 rings (SSSR count). The van der Waals surface area contributed by atoms with Gasteiger partial charge in [-0.15, -0.1) is 0 Å². The van der Waals surface area contributed by atoms with Gasteiger partial charge in [0.25, 0.3) is 0 Å². The second kappa shape index (κ2) is 7.40. The van der Waals surface area contributed by atoms with Crippen LogP contribution in [-0.4, -0.2) is 29.2 Å². The SMILES string of the molecule is Cc1cc([N+](=O)[O-])ccc1I(OC(=O)C(F)(F)F)OC(=O)C(F)(F)F. The molecule has 0 aromatic heterocycles. The van der Waals surface area contributed by atoms with E-state index in [-0.39, 0.29) is 5.56 Å². The molecule has 0 spiro atoms. The molecular weight excluding hydrogens is 483 g/mol. The summed E-state index contributed by atoms with van der Waals surface area (Å²) in [6.07, 6.45) is -11.1. The summed E-state index contributed by atoms with van der Waals surface area (Å²) >= 11 is -4.57. The van der Waals surface area contributed by atoms with Gasteiger partial charge in [0.1, 0.15) is 0 Å². The van der Waals surface area contributed by atoms with E-state index in [4.69, 9.17) is 0 Å². The summed E-state index contributed by atoms with van der Waals surface area (Å²) in [5, 5.41) is 10.6. The van der Waals surface area contributed by atoms with Gasteiger partial charge in [-0.2, -0.15) is 0 Å². The predicted octanol–water partition coefficient (Wildman–Crippen LogP) is 3.62. The van der Waals surface area contributed by atoms with E-state index < -0.39 is 59.1 Å². The molecule has 0 saturated heterocycles. The van der Waals surface area contributed by atoms with Crippen LogP contribution in [0.4, 0.5) is 32.0 Å². The van der Waals surface area contributed by atoms with Crippen molar-refractivity contribution in [2.45, 2.75) is 19.3 Å². The molecule has 1 aromatic carbocycles. The van der Waals surface area contributed by atoms with Crippen molar-refractivity contribution in [3.8, 4) is 0 Å². The van der Waals surface area contributed by atoms with E-state index in [0.29, 0.717) is 0 Å². The average molecular weight is 489 g/mol. The second-order valence-corrected chi connectivity index (χ2v) is 7.42. The molecule has 0 saturated carbocycles. The van der Waals surface area contributed by atoms with Crippen LogP contribution in [0.5, 0.6) is 0 Å². The molecular formula is C11H6F6INO6. The van der Waals surface area contributed by atoms with Gasteiger partial charge < -0.3 is 0 Å². The fraction of sp³-hybridized carbons (Fsp3) is 0.273. The molecule has 0 bridgehead atoms. The monoisotopic (exact) mass is 489 g/mol. The zero-order valence-electron chi connectivity index (χ0n) is 11.8. The van der Waals surface area contributed by atoms with E-state index >= 15 is 0 Å². The van der Waals surface area contributed by atoms with Gasteiger partial charge in [0, 0.05) is 0 Å². The molecule has 0 aliphatic rings. The van der Waals surface area contributed by atoms with Crippen molar-refractivity contribution in [2.24, 2.45) is 0 Å². The Morgan fingerprint density at radius 2 is 1.48 bits per heavy atom. The maximum atomic E-state index is 12.3. The Labute approximate surface area is 142 Å². The Morgan fingerprint density at radius 3 is 1.80 bits per heavy atom. The van der Waals surface area contributed by atoms with Crippen molar-refractivity contribution in [1.82, 2.24) is 0 Å². The van der Waals surface area contributed by atoms with Gasteiger partial charge in [-0.3, -0.25) is 0 Å². The first-order valence-corrected chi connectivity index (χ1v) is 8.62. The first-order valence-electron chi connectivity index (χ1n) is 5.77. The van der Waals surface area contributed by atoms with Gasteiger partial charge in [0.2, 0.25) is 0 Å². The number of rotatable bonds is 4. The number of hydrogen-bond donors (Lipinski definition) is 0. The van der Waals surface area contributed by atoms with E-state index in [2.05, 4.69) is 6.13 Å². The van der Waals surface area contributed by atoms with Crippen molar-refractivity contribution in [1.29, 1.82) is 0 Å².